The Labute approximate surface area is 122 Å². The van der Waals surface area contributed by atoms with E-state index >= 15 is 0 Å². The normalized spacial score (nSPS) is 11.5. The molecule has 0 unspecified atom stereocenters. The number of anilines is 1. The Morgan fingerprint density at radius 1 is 1.35 bits per heavy atom. The van der Waals surface area contributed by atoms with E-state index in [0.29, 0.717) is 23.9 Å². The first-order valence-corrected chi connectivity index (χ1v) is 7.67. The molecule has 0 aliphatic rings. The van der Waals surface area contributed by atoms with Crippen molar-refractivity contribution in [2.45, 2.75) is 11.4 Å². The topological polar surface area (TPSA) is 73.2 Å². The van der Waals surface area contributed by atoms with Gasteiger partial charge in [-0.05, 0) is 24.3 Å². The minimum absolute atomic E-state index is 0.145. The van der Waals surface area contributed by atoms with Crippen LogP contribution in [0.2, 0.25) is 5.02 Å². The van der Waals surface area contributed by atoms with Crippen molar-refractivity contribution in [3.05, 3.63) is 41.7 Å². The highest BCUT2D eigenvalue weighted by Gasteiger charge is 2.14. The largest absolute Gasteiger partial charge is 0.383 e. The molecule has 0 aliphatic carbocycles. The fraction of sp³-hybridized carbons (Fsp3) is 0.250. The van der Waals surface area contributed by atoms with E-state index < -0.39 is 10.0 Å². The lowest BCUT2D eigenvalue weighted by Gasteiger charge is -2.05. The molecule has 0 saturated carbocycles. The summed E-state index contributed by atoms with van der Waals surface area (Å²) in [6, 6.07) is 5.94. The van der Waals surface area contributed by atoms with Gasteiger partial charge >= 0.3 is 0 Å². The van der Waals surface area contributed by atoms with Crippen LogP contribution in [0.3, 0.4) is 0 Å². The molecule has 0 bridgehead atoms. The maximum Gasteiger partial charge on any atom is 0.261 e. The van der Waals surface area contributed by atoms with Gasteiger partial charge < -0.3 is 4.74 Å². The molecule has 1 aromatic heterocycles. The van der Waals surface area contributed by atoms with Crippen molar-refractivity contribution in [1.82, 2.24) is 9.78 Å². The Kier molecular flexibility index (Phi) is 4.64. The summed E-state index contributed by atoms with van der Waals surface area (Å²) in [4.78, 5) is 0.145. The number of aromatic nitrogens is 2. The van der Waals surface area contributed by atoms with Gasteiger partial charge in [0.2, 0.25) is 0 Å². The van der Waals surface area contributed by atoms with E-state index in [1.54, 1.807) is 18.0 Å². The van der Waals surface area contributed by atoms with E-state index in [9.17, 15) is 8.42 Å². The maximum absolute atomic E-state index is 12.1. The van der Waals surface area contributed by atoms with Crippen LogP contribution in [-0.2, 0) is 21.3 Å². The van der Waals surface area contributed by atoms with Crippen molar-refractivity contribution in [2.75, 3.05) is 18.4 Å². The summed E-state index contributed by atoms with van der Waals surface area (Å²) in [5, 5.41) is 4.52. The van der Waals surface area contributed by atoms with Crippen LogP contribution in [0.4, 0.5) is 5.69 Å². The first-order valence-electron chi connectivity index (χ1n) is 5.81. The number of halogens is 1. The Balaban J connectivity index is 2.12. The predicted molar refractivity (Wildman–Crippen MR) is 76.4 cm³/mol. The van der Waals surface area contributed by atoms with Crippen LogP contribution in [0.1, 0.15) is 0 Å². The molecule has 20 heavy (non-hydrogen) atoms. The van der Waals surface area contributed by atoms with Gasteiger partial charge in [-0.25, -0.2) is 8.42 Å². The van der Waals surface area contributed by atoms with E-state index in [4.69, 9.17) is 16.3 Å². The lowest BCUT2D eigenvalue weighted by Crippen LogP contribution is -2.12. The summed E-state index contributed by atoms with van der Waals surface area (Å²) in [6.45, 7) is 1.06. The molecule has 0 radical (unpaired) electrons. The van der Waals surface area contributed by atoms with Gasteiger partial charge in [0.05, 0.1) is 29.9 Å². The van der Waals surface area contributed by atoms with Crippen LogP contribution < -0.4 is 4.72 Å². The smallest absolute Gasteiger partial charge is 0.261 e. The molecular formula is C12H14ClN3O3S. The molecule has 108 valence electrons. The molecule has 6 nitrogen and oxygen atoms in total. The molecule has 2 aromatic rings. The zero-order valence-corrected chi connectivity index (χ0v) is 12.4. The van der Waals surface area contributed by atoms with Crippen molar-refractivity contribution in [3.8, 4) is 0 Å². The highest BCUT2D eigenvalue weighted by atomic mass is 35.5. The second-order valence-corrected chi connectivity index (χ2v) is 6.16. The van der Waals surface area contributed by atoms with Crippen LogP contribution in [-0.4, -0.2) is 31.9 Å². The van der Waals surface area contributed by atoms with Crippen LogP contribution in [0.15, 0.2) is 41.6 Å². The van der Waals surface area contributed by atoms with E-state index in [-0.39, 0.29) is 4.90 Å². The number of nitrogens with one attached hydrogen (secondary N) is 1. The van der Waals surface area contributed by atoms with Gasteiger partial charge in [0.1, 0.15) is 0 Å². The van der Waals surface area contributed by atoms with E-state index in [1.165, 1.54) is 30.5 Å². The molecule has 0 fully saturated rings. The molecule has 1 aromatic carbocycles. The number of hydrogen-bond donors (Lipinski definition) is 1. The third-order valence-corrected chi connectivity index (χ3v) is 4.18. The van der Waals surface area contributed by atoms with Crippen molar-refractivity contribution < 1.29 is 13.2 Å². The average molecular weight is 316 g/mol. The van der Waals surface area contributed by atoms with Crippen molar-refractivity contribution in [1.29, 1.82) is 0 Å². The number of ether oxygens (including phenoxy) is 1. The number of benzene rings is 1. The van der Waals surface area contributed by atoms with Gasteiger partial charge in [0.25, 0.3) is 10.0 Å². The lowest BCUT2D eigenvalue weighted by molar-refractivity contribution is 0.183. The monoisotopic (exact) mass is 315 g/mol. The second-order valence-electron chi connectivity index (χ2n) is 4.04. The maximum atomic E-state index is 12.1. The molecule has 1 N–H and O–H groups in total. The third kappa shape index (κ3) is 3.72. The van der Waals surface area contributed by atoms with Crippen LogP contribution >= 0.6 is 11.6 Å². The molecule has 0 saturated heterocycles. The first-order chi connectivity index (χ1) is 9.51. The van der Waals surface area contributed by atoms with Crippen molar-refractivity contribution >= 4 is 27.3 Å². The standard InChI is InChI=1S/C12H14ClN3O3S/c1-19-7-6-16-9-11(8-14-16)15-20(17,18)12-4-2-10(13)3-5-12/h2-5,8-9,15H,6-7H2,1H3. The summed E-state index contributed by atoms with van der Waals surface area (Å²) in [7, 11) is -2.04. The lowest BCUT2D eigenvalue weighted by atomic mass is 10.4. The zero-order valence-electron chi connectivity index (χ0n) is 10.8. The SMILES string of the molecule is COCCn1cc(NS(=O)(=O)c2ccc(Cl)cc2)cn1. The Hall–Kier alpha value is -1.57. The number of hydrogen-bond acceptors (Lipinski definition) is 4. The fourth-order valence-electron chi connectivity index (χ4n) is 1.55. The molecule has 0 aliphatic heterocycles. The molecular weight excluding hydrogens is 302 g/mol. The van der Waals surface area contributed by atoms with Gasteiger partial charge in [0.15, 0.2) is 0 Å². The Bertz CT molecular complexity index is 668. The van der Waals surface area contributed by atoms with Crippen molar-refractivity contribution in [3.63, 3.8) is 0 Å². The van der Waals surface area contributed by atoms with E-state index in [1.807, 2.05) is 0 Å². The molecule has 0 atom stereocenters. The minimum Gasteiger partial charge on any atom is -0.383 e. The van der Waals surface area contributed by atoms with E-state index in [2.05, 4.69) is 9.82 Å². The minimum atomic E-state index is -3.63. The zero-order chi connectivity index (χ0) is 14.6. The summed E-state index contributed by atoms with van der Waals surface area (Å²) >= 11 is 5.73. The van der Waals surface area contributed by atoms with E-state index in [0.717, 1.165) is 0 Å². The number of methoxy groups -OCH3 is 1. The summed E-state index contributed by atoms with van der Waals surface area (Å²) in [5.41, 5.74) is 0.399. The average Bonchev–Trinajstić information content (AvgIpc) is 2.83. The number of sulfonamides is 1. The van der Waals surface area contributed by atoms with Crippen molar-refractivity contribution in [2.24, 2.45) is 0 Å². The number of nitrogens with zero attached hydrogens (tertiary/aromatic N) is 2. The summed E-state index contributed by atoms with van der Waals surface area (Å²) < 4.78 is 33.2. The van der Waals surface area contributed by atoms with Gasteiger partial charge in [-0.1, -0.05) is 11.6 Å². The summed E-state index contributed by atoms with van der Waals surface area (Å²) in [6.07, 6.45) is 3.05. The summed E-state index contributed by atoms with van der Waals surface area (Å²) in [5.74, 6) is 0. The van der Waals surface area contributed by atoms with Gasteiger partial charge in [-0.15, -0.1) is 0 Å². The van der Waals surface area contributed by atoms with Gasteiger partial charge in [-0.3, -0.25) is 9.40 Å². The second kappa shape index (κ2) is 6.25. The van der Waals surface area contributed by atoms with Crippen LogP contribution in [0.5, 0.6) is 0 Å². The highest BCUT2D eigenvalue weighted by Crippen LogP contribution is 2.17. The Morgan fingerprint density at radius 2 is 2.05 bits per heavy atom. The predicted octanol–water partition coefficient (Wildman–Crippen LogP) is 1.98. The Morgan fingerprint density at radius 3 is 2.70 bits per heavy atom. The fourth-order valence-corrected chi connectivity index (χ4v) is 2.71. The van der Waals surface area contributed by atoms with Crippen LogP contribution in [0.25, 0.3) is 0 Å². The molecule has 0 amide bonds. The molecule has 1 heterocycles. The first kappa shape index (κ1) is 14.8. The van der Waals surface area contributed by atoms with Gasteiger partial charge in [0, 0.05) is 18.3 Å². The third-order valence-electron chi connectivity index (χ3n) is 2.53. The van der Waals surface area contributed by atoms with Gasteiger partial charge in [-0.2, -0.15) is 5.10 Å². The highest BCUT2D eigenvalue weighted by molar-refractivity contribution is 7.92. The molecule has 8 heteroatoms. The molecule has 0 spiro atoms. The number of rotatable bonds is 6. The molecule has 2 rings (SSSR count). The quantitative estimate of drug-likeness (QED) is 0.884. The van der Waals surface area contributed by atoms with Crippen LogP contribution in [0, 0.1) is 0 Å².